The van der Waals surface area contributed by atoms with E-state index in [4.69, 9.17) is 4.84 Å². The van der Waals surface area contributed by atoms with Crippen LogP contribution in [0.1, 0.15) is 31.4 Å². The predicted molar refractivity (Wildman–Crippen MR) is 80.3 cm³/mol. The van der Waals surface area contributed by atoms with Crippen LogP contribution in [-0.2, 0) is 14.4 Å². The molecule has 1 aliphatic heterocycles. The van der Waals surface area contributed by atoms with Crippen LogP contribution in [0.4, 0.5) is 0 Å². The Balaban J connectivity index is 2.34. The Kier molecular flexibility index (Phi) is 5.16. The van der Waals surface area contributed by atoms with Crippen molar-refractivity contribution in [1.82, 2.24) is 9.96 Å². The summed E-state index contributed by atoms with van der Waals surface area (Å²) in [6, 6.07) is 9.51. The molecule has 22 heavy (non-hydrogen) atoms. The highest BCUT2D eigenvalue weighted by Crippen LogP contribution is 2.34. The van der Waals surface area contributed by atoms with E-state index >= 15 is 0 Å². The molecule has 0 saturated heterocycles. The molecule has 2 unspecified atom stereocenters. The maximum atomic E-state index is 11.6. The van der Waals surface area contributed by atoms with Crippen LogP contribution in [0.2, 0.25) is 0 Å². The summed E-state index contributed by atoms with van der Waals surface area (Å²) in [5.74, 6) is -1.02. The number of carboxylic acid groups (broad SMARTS) is 1. The zero-order valence-electron chi connectivity index (χ0n) is 12.7. The van der Waals surface area contributed by atoms with Gasteiger partial charge in [0.05, 0.1) is 19.4 Å². The second-order valence-electron chi connectivity index (χ2n) is 5.08. The van der Waals surface area contributed by atoms with Crippen LogP contribution in [0.5, 0.6) is 0 Å². The molecule has 6 nitrogen and oxygen atoms in total. The predicted octanol–water partition coefficient (Wildman–Crippen LogP) is 2.16. The first-order valence-electron chi connectivity index (χ1n) is 7.14. The van der Waals surface area contributed by atoms with Gasteiger partial charge in [-0.25, -0.2) is 9.86 Å². The molecular weight excluding hydrogens is 284 g/mol. The summed E-state index contributed by atoms with van der Waals surface area (Å²) in [5.41, 5.74) is 1.16. The lowest BCUT2D eigenvalue weighted by Crippen LogP contribution is -2.41. The Morgan fingerprint density at radius 3 is 2.64 bits per heavy atom. The number of rotatable bonds is 7. The minimum absolute atomic E-state index is 0.152. The van der Waals surface area contributed by atoms with Crippen molar-refractivity contribution in [2.75, 3.05) is 7.11 Å². The van der Waals surface area contributed by atoms with Crippen LogP contribution in [0.25, 0.3) is 0 Å². The molecule has 118 valence electrons. The molecule has 0 amide bonds. The average molecular weight is 304 g/mol. The first kappa shape index (κ1) is 16.0. The Labute approximate surface area is 129 Å². The number of hydrogen-bond acceptors (Lipinski definition) is 5. The van der Waals surface area contributed by atoms with Gasteiger partial charge in [0.1, 0.15) is 18.1 Å². The van der Waals surface area contributed by atoms with Gasteiger partial charge < -0.3 is 14.8 Å². The molecule has 0 saturated carbocycles. The van der Waals surface area contributed by atoms with E-state index in [1.807, 2.05) is 37.3 Å². The third-order valence-electron chi connectivity index (χ3n) is 3.81. The second kappa shape index (κ2) is 7.09. The van der Waals surface area contributed by atoms with Gasteiger partial charge >= 0.3 is 5.97 Å². The van der Waals surface area contributed by atoms with Crippen LogP contribution in [0.15, 0.2) is 42.2 Å². The molecule has 1 aromatic carbocycles. The number of hydrogen-bond donors (Lipinski definition) is 1. The highest BCUT2D eigenvalue weighted by molar-refractivity contribution is 5.86. The zero-order valence-corrected chi connectivity index (χ0v) is 12.7. The summed E-state index contributed by atoms with van der Waals surface area (Å²) in [6.45, 7) is 1.94. The maximum Gasteiger partial charge on any atom is 0.353 e. The molecule has 1 heterocycles. The normalized spacial score (nSPS) is 19.0. The fraction of sp³-hybridized carbons (Fsp3) is 0.375. The van der Waals surface area contributed by atoms with Crippen LogP contribution >= 0.6 is 0 Å². The summed E-state index contributed by atoms with van der Waals surface area (Å²) < 4.78 is 0. The Bertz CT molecular complexity index is 559. The number of carbonyl (C=O) groups is 2. The highest BCUT2D eigenvalue weighted by Gasteiger charge is 2.38. The quantitative estimate of drug-likeness (QED) is 0.778. The lowest BCUT2D eigenvalue weighted by molar-refractivity contribution is -0.150. The first-order chi connectivity index (χ1) is 10.6. The van der Waals surface area contributed by atoms with Crippen LogP contribution in [-0.4, -0.2) is 40.6 Å². The summed E-state index contributed by atoms with van der Waals surface area (Å²) in [7, 11) is 1.49. The first-order valence-corrected chi connectivity index (χ1v) is 7.14. The number of carbonyl (C=O) groups excluding carboxylic acids is 1. The summed E-state index contributed by atoms with van der Waals surface area (Å²) in [4.78, 5) is 29.3. The molecule has 0 aliphatic carbocycles. The second-order valence-corrected chi connectivity index (χ2v) is 5.08. The molecule has 0 spiro atoms. The van der Waals surface area contributed by atoms with E-state index in [-0.39, 0.29) is 17.9 Å². The van der Waals surface area contributed by atoms with Crippen LogP contribution in [0, 0.1) is 0 Å². The molecule has 1 aromatic rings. The van der Waals surface area contributed by atoms with Gasteiger partial charge in [-0.1, -0.05) is 30.3 Å². The van der Waals surface area contributed by atoms with Crippen molar-refractivity contribution >= 4 is 12.3 Å². The lowest BCUT2D eigenvalue weighted by atomic mass is 10.1. The highest BCUT2D eigenvalue weighted by atomic mass is 16.7. The van der Waals surface area contributed by atoms with Crippen LogP contribution in [0.3, 0.4) is 0 Å². The number of aldehydes is 1. The SMILES string of the molecule is CON1C=C(C(=O)O)N(C(C)c2ccccc2)C1CCC=O. The van der Waals surface area contributed by atoms with Crippen molar-refractivity contribution in [2.24, 2.45) is 0 Å². The number of nitrogens with zero attached hydrogens (tertiary/aromatic N) is 2. The van der Waals surface area contributed by atoms with Crippen molar-refractivity contribution in [3.63, 3.8) is 0 Å². The monoisotopic (exact) mass is 304 g/mol. The Morgan fingerprint density at radius 2 is 2.09 bits per heavy atom. The molecule has 0 fully saturated rings. The molecule has 0 aromatic heterocycles. The lowest BCUT2D eigenvalue weighted by Gasteiger charge is -2.36. The molecule has 1 N–H and O–H groups in total. The fourth-order valence-corrected chi connectivity index (χ4v) is 2.74. The molecule has 0 bridgehead atoms. The summed E-state index contributed by atoms with van der Waals surface area (Å²) in [5, 5.41) is 11.0. The Morgan fingerprint density at radius 1 is 1.41 bits per heavy atom. The maximum absolute atomic E-state index is 11.6. The van der Waals surface area contributed by atoms with Crippen molar-refractivity contribution in [1.29, 1.82) is 0 Å². The number of aliphatic carboxylic acids is 1. The largest absolute Gasteiger partial charge is 0.477 e. The third kappa shape index (κ3) is 3.12. The summed E-state index contributed by atoms with van der Waals surface area (Å²) >= 11 is 0. The summed E-state index contributed by atoms with van der Waals surface area (Å²) in [6.07, 6.45) is 2.80. The molecule has 0 radical (unpaired) electrons. The zero-order chi connectivity index (χ0) is 16.1. The van der Waals surface area contributed by atoms with Gasteiger partial charge in [-0.15, -0.1) is 0 Å². The Hall–Kier alpha value is -2.34. The van der Waals surface area contributed by atoms with Crippen molar-refractivity contribution in [3.05, 3.63) is 47.8 Å². The van der Waals surface area contributed by atoms with E-state index in [2.05, 4.69) is 0 Å². The van der Waals surface area contributed by atoms with Gasteiger partial charge in [0.15, 0.2) is 0 Å². The standard InChI is InChI=1S/C16H20N2O4/c1-12(13-7-4-3-5-8-13)18-14(16(20)21)11-17(22-2)15(18)9-6-10-19/h3-5,7-8,10-12,15H,6,9H2,1-2H3,(H,20,21). The number of hydroxylamine groups is 2. The van der Waals surface area contributed by atoms with E-state index < -0.39 is 5.97 Å². The molecule has 2 atom stereocenters. The van der Waals surface area contributed by atoms with E-state index in [1.54, 1.807) is 4.90 Å². The minimum atomic E-state index is -1.02. The van der Waals surface area contributed by atoms with Gasteiger partial charge in [-0.3, -0.25) is 4.84 Å². The molecular formula is C16H20N2O4. The molecule has 2 rings (SSSR count). The topological polar surface area (TPSA) is 70.1 Å². The molecule has 6 heteroatoms. The van der Waals surface area contributed by atoms with Crippen molar-refractivity contribution in [3.8, 4) is 0 Å². The number of carboxylic acids is 1. The van der Waals surface area contributed by atoms with E-state index in [9.17, 15) is 14.7 Å². The van der Waals surface area contributed by atoms with Gasteiger partial charge in [-0.2, -0.15) is 0 Å². The van der Waals surface area contributed by atoms with E-state index in [0.717, 1.165) is 11.8 Å². The van der Waals surface area contributed by atoms with E-state index in [0.29, 0.717) is 12.8 Å². The van der Waals surface area contributed by atoms with Gasteiger partial charge in [0.25, 0.3) is 0 Å². The van der Waals surface area contributed by atoms with Crippen molar-refractivity contribution in [2.45, 2.75) is 32.0 Å². The van der Waals surface area contributed by atoms with Crippen LogP contribution < -0.4 is 0 Å². The van der Waals surface area contributed by atoms with E-state index in [1.165, 1.54) is 18.4 Å². The third-order valence-corrected chi connectivity index (χ3v) is 3.81. The van der Waals surface area contributed by atoms with Gasteiger partial charge in [0, 0.05) is 6.42 Å². The van der Waals surface area contributed by atoms with Crippen molar-refractivity contribution < 1.29 is 19.5 Å². The van der Waals surface area contributed by atoms with Gasteiger partial charge in [0.2, 0.25) is 0 Å². The molecule has 1 aliphatic rings. The smallest absolute Gasteiger partial charge is 0.353 e. The fourth-order valence-electron chi connectivity index (χ4n) is 2.74. The van der Waals surface area contributed by atoms with Gasteiger partial charge in [-0.05, 0) is 18.9 Å². The minimum Gasteiger partial charge on any atom is -0.477 e. The number of benzene rings is 1. The average Bonchev–Trinajstić information content (AvgIpc) is 2.91.